The second-order valence-electron chi connectivity index (χ2n) is 10.5. The summed E-state index contributed by atoms with van der Waals surface area (Å²) in [6, 6.07) is 45.4. The largest absolute Gasteiger partial charge is 0.352 e. The number of hydrogen-bond acceptors (Lipinski definition) is 7. The van der Waals surface area contributed by atoms with Crippen LogP contribution in [-0.2, 0) is 0 Å². The van der Waals surface area contributed by atoms with Crippen molar-refractivity contribution in [2.45, 2.75) is 29.4 Å². The Morgan fingerprint density at radius 3 is 0.977 bits per heavy atom. The van der Waals surface area contributed by atoms with Crippen LogP contribution < -0.4 is 20.9 Å². The van der Waals surface area contributed by atoms with Gasteiger partial charge in [-0.2, -0.15) is 0 Å². The number of fused-ring (bicyclic) bond motifs is 6. The Morgan fingerprint density at radius 2 is 0.628 bits per heavy atom. The molecule has 3 N–H and O–H groups in total. The Balaban J connectivity index is 1.27. The minimum Gasteiger partial charge on any atom is -0.352 e. The predicted molar refractivity (Wildman–Crippen MR) is 183 cm³/mol. The van der Waals surface area contributed by atoms with Gasteiger partial charge in [0.05, 0.1) is 51.2 Å². The Bertz CT molecular complexity index is 1840. The lowest BCUT2D eigenvalue weighted by molar-refractivity contribution is 1.20. The van der Waals surface area contributed by atoms with E-state index in [1.807, 2.05) is 35.3 Å². The third-order valence-corrected chi connectivity index (χ3v) is 11.2. The van der Waals surface area contributed by atoms with E-state index < -0.39 is 0 Å². The van der Waals surface area contributed by atoms with Crippen LogP contribution in [0.25, 0.3) is 0 Å². The van der Waals surface area contributed by atoms with Gasteiger partial charge >= 0.3 is 0 Å². The van der Waals surface area contributed by atoms with E-state index in [0.717, 1.165) is 51.2 Å². The molecule has 4 nitrogen and oxygen atoms in total. The molecule has 3 heterocycles. The van der Waals surface area contributed by atoms with E-state index in [0.29, 0.717) is 0 Å². The number of rotatable bonds is 3. The van der Waals surface area contributed by atoms with E-state index in [2.05, 4.69) is 148 Å². The van der Waals surface area contributed by atoms with E-state index in [4.69, 9.17) is 0 Å². The molecule has 0 radical (unpaired) electrons. The predicted octanol–water partition coefficient (Wildman–Crippen LogP) is 11.8. The van der Waals surface area contributed by atoms with Gasteiger partial charge in [-0.25, -0.2) is 0 Å². The van der Waals surface area contributed by atoms with Gasteiger partial charge in [-0.1, -0.05) is 89.9 Å². The Morgan fingerprint density at radius 1 is 0.326 bits per heavy atom. The molecule has 206 valence electrons. The first-order valence-corrected chi connectivity index (χ1v) is 16.6. The molecule has 6 aromatic carbocycles. The fourth-order valence-corrected chi connectivity index (χ4v) is 8.93. The van der Waals surface area contributed by atoms with Crippen molar-refractivity contribution in [3.8, 4) is 0 Å². The van der Waals surface area contributed by atoms with Crippen LogP contribution in [0.5, 0.6) is 0 Å². The van der Waals surface area contributed by atoms with Gasteiger partial charge in [0.2, 0.25) is 0 Å². The van der Waals surface area contributed by atoms with Gasteiger partial charge in [0.25, 0.3) is 0 Å². The molecule has 0 bridgehead atoms. The van der Waals surface area contributed by atoms with Crippen LogP contribution in [0.3, 0.4) is 0 Å². The summed E-state index contributed by atoms with van der Waals surface area (Å²) in [5, 5.41) is 11.4. The summed E-state index contributed by atoms with van der Waals surface area (Å²) in [5.74, 6) is 0. The molecule has 6 aromatic rings. The molecule has 0 spiro atoms. The van der Waals surface area contributed by atoms with E-state index >= 15 is 0 Å². The van der Waals surface area contributed by atoms with Crippen LogP contribution in [0.2, 0.25) is 0 Å². The van der Waals surface area contributed by atoms with E-state index in [9.17, 15) is 0 Å². The highest BCUT2D eigenvalue weighted by Gasteiger charge is 2.30. The minimum absolute atomic E-state index is 1.10. The molecule has 0 fully saturated rings. The highest BCUT2D eigenvalue weighted by molar-refractivity contribution is 8.00. The third-order valence-electron chi connectivity index (χ3n) is 7.84. The van der Waals surface area contributed by atoms with Gasteiger partial charge in [-0.05, 0) is 72.8 Å². The fourth-order valence-electron chi connectivity index (χ4n) is 5.88. The number of nitrogens with one attached hydrogen (secondary N) is 3. The lowest BCUT2D eigenvalue weighted by Crippen LogP contribution is -2.18. The number of anilines is 9. The summed E-state index contributed by atoms with van der Waals surface area (Å²) in [7, 11) is 0. The lowest BCUT2D eigenvalue weighted by Gasteiger charge is -2.36. The molecule has 0 unspecified atom stereocenters. The Labute approximate surface area is 262 Å². The van der Waals surface area contributed by atoms with Crippen molar-refractivity contribution in [2.24, 2.45) is 0 Å². The lowest BCUT2D eigenvalue weighted by atomic mass is 10.1. The molecule has 0 amide bonds. The molecule has 0 saturated carbocycles. The van der Waals surface area contributed by atoms with Crippen molar-refractivity contribution in [3.05, 3.63) is 127 Å². The normalized spacial score (nSPS) is 13.4. The first-order valence-electron chi connectivity index (χ1n) is 14.1. The Hall–Kier alpha value is -4.43. The van der Waals surface area contributed by atoms with Gasteiger partial charge in [-0.3, -0.25) is 0 Å². The van der Waals surface area contributed by atoms with Gasteiger partial charge in [0, 0.05) is 29.4 Å². The average molecular weight is 609 g/mol. The number of nitrogens with zero attached hydrogens (tertiary/aromatic N) is 1. The third kappa shape index (κ3) is 4.19. The van der Waals surface area contributed by atoms with E-state index in [1.165, 1.54) is 29.4 Å². The topological polar surface area (TPSA) is 39.3 Å². The van der Waals surface area contributed by atoms with Crippen LogP contribution >= 0.6 is 35.3 Å². The maximum atomic E-state index is 3.81. The SMILES string of the molecule is c1ccc2c(c1)Nc1c(cccc1N(c1cccc3c1Nc1ccccc1S3)c1cccc3c1Nc1ccccc1S3)S2. The van der Waals surface area contributed by atoms with Crippen molar-refractivity contribution in [2.75, 3.05) is 20.9 Å². The molecule has 3 aliphatic rings. The summed E-state index contributed by atoms with van der Waals surface area (Å²) < 4.78 is 0. The van der Waals surface area contributed by atoms with Crippen molar-refractivity contribution in [1.29, 1.82) is 0 Å². The first-order chi connectivity index (χ1) is 21.3. The number of benzene rings is 6. The van der Waals surface area contributed by atoms with Crippen LogP contribution in [0.15, 0.2) is 157 Å². The van der Waals surface area contributed by atoms with Crippen LogP contribution in [-0.4, -0.2) is 0 Å². The highest BCUT2D eigenvalue weighted by Crippen LogP contribution is 2.57. The fraction of sp³-hybridized carbons (Fsp3) is 0. The summed E-state index contributed by atoms with van der Waals surface area (Å²) in [4.78, 5) is 9.73. The molecule has 0 aromatic heterocycles. The smallest absolute Gasteiger partial charge is 0.0771 e. The second-order valence-corrected chi connectivity index (χ2v) is 13.7. The van der Waals surface area contributed by atoms with Crippen LogP contribution in [0, 0.1) is 0 Å². The molecular weight excluding hydrogens is 585 g/mol. The second kappa shape index (κ2) is 10.1. The quantitative estimate of drug-likeness (QED) is 0.184. The molecular formula is C36H24N4S3. The standard InChI is InChI=1S/C36H24N4S3/c1-4-16-28-22(10-1)37-34-25(13-7-19-31(34)41-28)40(26-14-8-20-32-35(26)38-23-11-2-5-17-29(23)42-32)27-15-9-21-33-36(27)39-24-12-3-6-18-30(24)43-33/h1-21,37-39H. The number of para-hydroxylation sites is 6. The molecule has 43 heavy (non-hydrogen) atoms. The first kappa shape index (κ1) is 25.1. The summed E-state index contributed by atoms with van der Waals surface area (Å²) in [5.41, 5.74) is 9.98. The summed E-state index contributed by atoms with van der Waals surface area (Å²) in [6.07, 6.45) is 0. The van der Waals surface area contributed by atoms with E-state index in [1.54, 1.807) is 0 Å². The molecule has 3 aliphatic heterocycles. The molecule has 0 saturated heterocycles. The van der Waals surface area contributed by atoms with Crippen LogP contribution in [0.1, 0.15) is 0 Å². The van der Waals surface area contributed by atoms with Crippen molar-refractivity contribution in [1.82, 2.24) is 0 Å². The molecule has 7 heteroatoms. The molecule has 9 rings (SSSR count). The summed E-state index contributed by atoms with van der Waals surface area (Å²) >= 11 is 5.44. The van der Waals surface area contributed by atoms with Crippen LogP contribution in [0.4, 0.5) is 51.2 Å². The van der Waals surface area contributed by atoms with Crippen molar-refractivity contribution < 1.29 is 0 Å². The Kier molecular flexibility index (Phi) is 5.89. The molecule has 0 atom stereocenters. The van der Waals surface area contributed by atoms with Gasteiger partial charge in [0.15, 0.2) is 0 Å². The van der Waals surface area contributed by atoms with Gasteiger partial charge < -0.3 is 20.9 Å². The average Bonchev–Trinajstić information content (AvgIpc) is 3.06. The van der Waals surface area contributed by atoms with Crippen molar-refractivity contribution in [3.63, 3.8) is 0 Å². The monoisotopic (exact) mass is 608 g/mol. The van der Waals surface area contributed by atoms with E-state index in [-0.39, 0.29) is 0 Å². The summed E-state index contributed by atoms with van der Waals surface area (Å²) in [6.45, 7) is 0. The minimum atomic E-state index is 1.10. The van der Waals surface area contributed by atoms with Crippen molar-refractivity contribution >= 4 is 86.5 Å². The number of hydrogen-bond donors (Lipinski definition) is 3. The zero-order chi connectivity index (χ0) is 28.3. The maximum Gasteiger partial charge on any atom is 0.0771 e. The zero-order valence-electron chi connectivity index (χ0n) is 22.8. The zero-order valence-corrected chi connectivity index (χ0v) is 25.2. The molecule has 0 aliphatic carbocycles. The highest BCUT2D eigenvalue weighted by atomic mass is 32.2. The van der Waals surface area contributed by atoms with Gasteiger partial charge in [0.1, 0.15) is 0 Å². The van der Waals surface area contributed by atoms with Gasteiger partial charge in [-0.15, -0.1) is 0 Å². The maximum absolute atomic E-state index is 3.81.